The molecule has 1 unspecified atom stereocenters. The number of aliphatic imine (C=N–C) groups is 1. The minimum Gasteiger partial charge on any atom is -0.370 e. The molecule has 0 saturated carbocycles. The highest BCUT2D eigenvalue weighted by Crippen LogP contribution is 2.32. The minimum absolute atomic E-state index is 0.384. The summed E-state index contributed by atoms with van der Waals surface area (Å²) in [4.78, 5) is 4.28. The lowest BCUT2D eigenvalue weighted by atomic mass is 9.95. The van der Waals surface area contributed by atoms with Crippen LogP contribution in [0.4, 0.5) is 0 Å². The molecule has 0 radical (unpaired) electrons. The van der Waals surface area contributed by atoms with E-state index in [1.165, 1.54) is 11.1 Å². The number of allylic oxidation sites excluding steroid dienone is 1. The molecule has 1 heterocycles. The molecule has 5 nitrogen and oxygen atoms in total. The van der Waals surface area contributed by atoms with Crippen LogP contribution in [-0.2, 0) is 12.8 Å². The average molecular weight is 271 g/mol. The van der Waals surface area contributed by atoms with Gasteiger partial charge in [0, 0.05) is 18.0 Å². The number of nitrogens with two attached hydrogens (primary N) is 3. The highest BCUT2D eigenvalue weighted by Gasteiger charge is 2.31. The van der Waals surface area contributed by atoms with E-state index in [0.717, 1.165) is 18.5 Å². The van der Waals surface area contributed by atoms with Gasteiger partial charge in [-0.25, -0.2) is 4.99 Å². The van der Waals surface area contributed by atoms with Crippen molar-refractivity contribution >= 4 is 5.96 Å². The van der Waals surface area contributed by atoms with E-state index in [4.69, 9.17) is 17.2 Å². The van der Waals surface area contributed by atoms with Gasteiger partial charge in [0.05, 0.1) is 0 Å². The summed E-state index contributed by atoms with van der Waals surface area (Å²) in [6.07, 6.45) is 4.62. The first-order valence-electron chi connectivity index (χ1n) is 7.00. The molecule has 0 amide bonds. The lowest BCUT2D eigenvalue weighted by molar-refractivity contribution is 0.485. The Hall–Kier alpha value is -1.85. The monoisotopic (exact) mass is 271 g/mol. The first kappa shape index (κ1) is 13.1. The van der Waals surface area contributed by atoms with Crippen LogP contribution in [0, 0.1) is 5.92 Å². The van der Waals surface area contributed by atoms with E-state index < -0.39 is 5.66 Å². The smallest absolute Gasteiger partial charge is 0.195 e. The van der Waals surface area contributed by atoms with Gasteiger partial charge in [-0.2, -0.15) is 0 Å². The lowest BCUT2D eigenvalue weighted by Gasteiger charge is -2.30. The van der Waals surface area contributed by atoms with E-state index in [1.54, 1.807) is 0 Å². The molecule has 1 aliphatic heterocycles. The highest BCUT2D eigenvalue weighted by atomic mass is 15.2. The van der Waals surface area contributed by atoms with Crippen LogP contribution in [0.2, 0.25) is 0 Å². The van der Waals surface area contributed by atoms with Crippen LogP contribution in [0.3, 0.4) is 0 Å². The Kier molecular flexibility index (Phi) is 3.23. The summed E-state index contributed by atoms with van der Waals surface area (Å²) < 4.78 is 0. The Balaban J connectivity index is 1.84. The molecule has 1 aromatic carbocycles. The maximum Gasteiger partial charge on any atom is 0.195 e. The number of hydrogen-bond acceptors (Lipinski definition) is 5. The molecule has 0 fully saturated rings. The first-order chi connectivity index (χ1) is 9.59. The van der Waals surface area contributed by atoms with E-state index in [0.29, 0.717) is 24.8 Å². The molecule has 0 aromatic heterocycles. The molecule has 1 aromatic rings. The number of rotatable bonds is 3. The molecule has 7 N–H and O–H groups in total. The minimum atomic E-state index is -0.770. The second-order valence-electron chi connectivity index (χ2n) is 5.63. The van der Waals surface area contributed by atoms with Crippen LogP contribution in [0.25, 0.3) is 0 Å². The van der Waals surface area contributed by atoms with Gasteiger partial charge in [-0.3, -0.25) is 0 Å². The second-order valence-corrected chi connectivity index (χ2v) is 5.63. The standard InChI is InChI=1S/C15H21N5/c16-6-5-15(18)9-13(19-14(17)20-15)12-7-10-3-1-2-4-11(10)8-12/h1-4,9,12H,5-8,16,18H2,(H3,17,19,20). The van der Waals surface area contributed by atoms with Crippen molar-refractivity contribution in [2.45, 2.75) is 24.9 Å². The third-order valence-corrected chi connectivity index (χ3v) is 4.04. The number of guanidine groups is 1. The molecular formula is C15H21N5. The molecule has 1 atom stereocenters. The van der Waals surface area contributed by atoms with Gasteiger partial charge in [0.25, 0.3) is 0 Å². The molecule has 5 heteroatoms. The third kappa shape index (κ3) is 2.42. The molecule has 0 bridgehead atoms. The van der Waals surface area contributed by atoms with Crippen molar-refractivity contribution in [2.24, 2.45) is 28.1 Å². The fourth-order valence-corrected chi connectivity index (χ4v) is 3.10. The van der Waals surface area contributed by atoms with Crippen molar-refractivity contribution in [2.75, 3.05) is 6.54 Å². The Labute approximate surface area is 118 Å². The predicted molar refractivity (Wildman–Crippen MR) is 80.8 cm³/mol. The van der Waals surface area contributed by atoms with Crippen molar-refractivity contribution in [3.05, 3.63) is 47.2 Å². The Bertz CT molecular complexity index is 552. The van der Waals surface area contributed by atoms with Gasteiger partial charge in [0.15, 0.2) is 5.96 Å². The summed E-state index contributed by atoms with van der Waals surface area (Å²) in [5.41, 5.74) is 20.9. The Morgan fingerprint density at radius 1 is 1.25 bits per heavy atom. The molecular weight excluding hydrogens is 250 g/mol. The summed E-state index contributed by atoms with van der Waals surface area (Å²) in [5, 5.41) is 3.17. The van der Waals surface area contributed by atoms with Gasteiger partial charge in [-0.05, 0) is 36.6 Å². The van der Waals surface area contributed by atoms with E-state index in [1.807, 2.05) is 6.08 Å². The van der Waals surface area contributed by atoms with Crippen molar-refractivity contribution in [3.8, 4) is 0 Å². The zero-order chi connectivity index (χ0) is 14.2. The predicted octanol–water partition coefficient (Wildman–Crippen LogP) is 0.207. The summed E-state index contributed by atoms with van der Waals surface area (Å²) in [6.45, 7) is 0.488. The highest BCUT2D eigenvalue weighted by molar-refractivity contribution is 5.81. The Morgan fingerprint density at radius 3 is 2.50 bits per heavy atom. The molecule has 1 aliphatic carbocycles. The van der Waals surface area contributed by atoms with E-state index >= 15 is 0 Å². The van der Waals surface area contributed by atoms with Crippen molar-refractivity contribution in [1.29, 1.82) is 0 Å². The second kappa shape index (κ2) is 4.92. The quantitative estimate of drug-likeness (QED) is 0.631. The molecule has 20 heavy (non-hydrogen) atoms. The summed E-state index contributed by atoms with van der Waals surface area (Å²) in [6, 6.07) is 8.54. The number of nitrogens with zero attached hydrogens (tertiary/aromatic N) is 1. The maximum atomic E-state index is 6.26. The van der Waals surface area contributed by atoms with Crippen molar-refractivity contribution in [1.82, 2.24) is 5.32 Å². The van der Waals surface area contributed by atoms with Crippen LogP contribution < -0.4 is 22.5 Å². The number of nitrogens with one attached hydrogen (secondary N) is 1. The Morgan fingerprint density at radius 2 is 1.90 bits per heavy atom. The van der Waals surface area contributed by atoms with E-state index in [2.05, 4.69) is 34.6 Å². The summed E-state index contributed by atoms with van der Waals surface area (Å²) in [5.74, 6) is 0.775. The topological polar surface area (TPSA) is 102 Å². The molecule has 3 rings (SSSR count). The van der Waals surface area contributed by atoms with Crippen LogP contribution in [0.1, 0.15) is 17.5 Å². The van der Waals surface area contributed by atoms with E-state index in [9.17, 15) is 0 Å². The van der Waals surface area contributed by atoms with Gasteiger partial charge in [0.2, 0.25) is 0 Å². The number of benzene rings is 1. The first-order valence-corrected chi connectivity index (χ1v) is 7.00. The van der Waals surface area contributed by atoms with Gasteiger partial charge >= 0.3 is 0 Å². The SMILES string of the molecule is NCCC1(N)C=C(C2Cc3ccccc3C2)NC(N)=N1. The fraction of sp³-hybridized carbons (Fsp3) is 0.400. The van der Waals surface area contributed by atoms with E-state index in [-0.39, 0.29) is 0 Å². The number of fused-ring (bicyclic) bond motifs is 1. The summed E-state index contributed by atoms with van der Waals surface area (Å²) in [7, 11) is 0. The molecule has 0 spiro atoms. The maximum absolute atomic E-state index is 6.26. The van der Waals surface area contributed by atoms with Crippen LogP contribution in [0.15, 0.2) is 41.0 Å². The lowest BCUT2D eigenvalue weighted by Crippen LogP contribution is -2.48. The van der Waals surface area contributed by atoms with Crippen molar-refractivity contribution < 1.29 is 0 Å². The van der Waals surface area contributed by atoms with Crippen LogP contribution >= 0.6 is 0 Å². The molecule has 2 aliphatic rings. The zero-order valence-electron chi connectivity index (χ0n) is 11.5. The van der Waals surface area contributed by atoms with Gasteiger partial charge in [-0.1, -0.05) is 24.3 Å². The van der Waals surface area contributed by atoms with Gasteiger partial charge in [0.1, 0.15) is 5.66 Å². The zero-order valence-corrected chi connectivity index (χ0v) is 11.5. The van der Waals surface area contributed by atoms with Crippen LogP contribution in [0.5, 0.6) is 0 Å². The largest absolute Gasteiger partial charge is 0.370 e. The van der Waals surface area contributed by atoms with Gasteiger partial charge in [-0.15, -0.1) is 0 Å². The van der Waals surface area contributed by atoms with Gasteiger partial charge < -0.3 is 22.5 Å². The summed E-state index contributed by atoms with van der Waals surface area (Å²) >= 11 is 0. The number of hydrogen-bond donors (Lipinski definition) is 4. The third-order valence-electron chi connectivity index (χ3n) is 4.04. The average Bonchev–Trinajstić information content (AvgIpc) is 2.81. The van der Waals surface area contributed by atoms with Crippen molar-refractivity contribution in [3.63, 3.8) is 0 Å². The molecule has 0 saturated heterocycles. The molecule has 106 valence electrons. The van der Waals surface area contributed by atoms with Crippen LogP contribution in [-0.4, -0.2) is 18.2 Å². The fourth-order valence-electron chi connectivity index (χ4n) is 3.10. The normalized spacial score (nSPS) is 25.7.